The summed E-state index contributed by atoms with van der Waals surface area (Å²) in [5.41, 5.74) is 3.10. The number of hydrogen-bond donors (Lipinski definition) is 1. The van der Waals surface area contributed by atoms with E-state index < -0.39 is 0 Å². The van der Waals surface area contributed by atoms with Gasteiger partial charge in [-0.1, -0.05) is 13.8 Å². The third-order valence-electron chi connectivity index (χ3n) is 1.75. The van der Waals surface area contributed by atoms with E-state index in [1.807, 2.05) is 5.51 Å². The maximum absolute atomic E-state index is 4.21. The summed E-state index contributed by atoms with van der Waals surface area (Å²) in [6.45, 7) is 7.46. The Labute approximate surface area is 78.0 Å². The van der Waals surface area contributed by atoms with E-state index >= 15 is 0 Å². The topological polar surface area (TPSA) is 24.9 Å². The van der Waals surface area contributed by atoms with Crippen LogP contribution < -0.4 is 5.32 Å². The molecule has 0 saturated heterocycles. The van der Waals surface area contributed by atoms with Gasteiger partial charge in [0.15, 0.2) is 0 Å². The van der Waals surface area contributed by atoms with Crippen LogP contribution in [-0.4, -0.2) is 17.6 Å². The van der Waals surface area contributed by atoms with Crippen LogP contribution in [-0.2, 0) is 6.42 Å². The second-order valence-corrected chi connectivity index (χ2v) is 4.16. The maximum Gasteiger partial charge on any atom is 0.0797 e. The quantitative estimate of drug-likeness (QED) is 0.774. The molecular weight excluding hydrogens is 168 g/mol. The molecule has 0 aliphatic heterocycles. The molecule has 0 aromatic carbocycles. The summed E-state index contributed by atoms with van der Waals surface area (Å²) in [7, 11) is 0. The molecule has 0 aliphatic rings. The smallest absolute Gasteiger partial charge is 0.0797 e. The van der Waals surface area contributed by atoms with Gasteiger partial charge in [-0.2, -0.15) is 0 Å². The molecule has 0 amide bonds. The molecule has 0 saturated carbocycles. The fourth-order valence-electron chi connectivity index (χ4n) is 1.04. The minimum absolute atomic E-state index is 0.582. The molecular formula is C9H16N2S. The SMILES string of the molecule is Cc1ncsc1CCNC(C)C. The molecule has 1 aromatic rings. The fraction of sp³-hybridized carbons (Fsp3) is 0.667. The average Bonchev–Trinajstić information content (AvgIpc) is 2.36. The molecule has 0 atom stereocenters. The summed E-state index contributed by atoms with van der Waals surface area (Å²) in [6.07, 6.45) is 1.11. The van der Waals surface area contributed by atoms with Gasteiger partial charge in [-0.05, 0) is 13.3 Å². The molecule has 0 unspecified atom stereocenters. The van der Waals surface area contributed by atoms with Crippen LogP contribution in [0.25, 0.3) is 0 Å². The summed E-state index contributed by atoms with van der Waals surface area (Å²) in [5.74, 6) is 0. The monoisotopic (exact) mass is 184 g/mol. The molecule has 0 spiro atoms. The number of nitrogens with zero attached hydrogens (tertiary/aromatic N) is 1. The summed E-state index contributed by atoms with van der Waals surface area (Å²) in [6, 6.07) is 0.582. The lowest BCUT2D eigenvalue weighted by Crippen LogP contribution is -2.24. The highest BCUT2D eigenvalue weighted by Crippen LogP contribution is 2.11. The van der Waals surface area contributed by atoms with Gasteiger partial charge in [0.2, 0.25) is 0 Å². The number of aryl methyl sites for hydroxylation is 1. The Morgan fingerprint density at radius 3 is 2.83 bits per heavy atom. The van der Waals surface area contributed by atoms with E-state index in [-0.39, 0.29) is 0 Å². The van der Waals surface area contributed by atoms with Gasteiger partial charge in [-0.25, -0.2) is 4.98 Å². The molecule has 3 heteroatoms. The molecule has 2 nitrogen and oxygen atoms in total. The van der Waals surface area contributed by atoms with E-state index in [4.69, 9.17) is 0 Å². The van der Waals surface area contributed by atoms with Crippen molar-refractivity contribution >= 4 is 11.3 Å². The summed E-state index contributed by atoms with van der Waals surface area (Å²) < 4.78 is 0. The lowest BCUT2D eigenvalue weighted by Gasteiger charge is -2.06. The third-order valence-corrected chi connectivity index (χ3v) is 2.74. The first-order valence-electron chi connectivity index (χ1n) is 4.32. The standard InChI is InChI=1S/C9H16N2S/c1-7(2)10-5-4-9-8(3)11-6-12-9/h6-7,10H,4-5H2,1-3H3. The van der Waals surface area contributed by atoms with Crippen LogP contribution in [0.1, 0.15) is 24.4 Å². The predicted molar refractivity (Wildman–Crippen MR) is 53.7 cm³/mol. The van der Waals surface area contributed by atoms with Gasteiger partial charge in [0, 0.05) is 17.5 Å². The zero-order chi connectivity index (χ0) is 8.97. The Bertz CT molecular complexity index is 230. The predicted octanol–water partition coefficient (Wildman–Crippen LogP) is 1.99. The lowest BCUT2D eigenvalue weighted by molar-refractivity contribution is 0.591. The van der Waals surface area contributed by atoms with Crippen LogP contribution in [0.5, 0.6) is 0 Å². The molecule has 1 aromatic heterocycles. The number of rotatable bonds is 4. The van der Waals surface area contributed by atoms with Crippen molar-refractivity contribution in [2.75, 3.05) is 6.54 Å². The number of nitrogens with one attached hydrogen (secondary N) is 1. The Hall–Kier alpha value is -0.410. The zero-order valence-electron chi connectivity index (χ0n) is 7.92. The van der Waals surface area contributed by atoms with Gasteiger partial charge < -0.3 is 5.32 Å². The lowest BCUT2D eigenvalue weighted by atomic mass is 10.3. The van der Waals surface area contributed by atoms with E-state index in [2.05, 4.69) is 31.1 Å². The van der Waals surface area contributed by atoms with E-state index in [0.29, 0.717) is 6.04 Å². The van der Waals surface area contributed by atoms with Crippen LogP contribution in [0.4, 0.5) is 0 Å². The molecule has 0 fully saturated rings. The normalized spacial score (nSPS) is 11.0. The van der Waals surface area contributed by atoms with Crippen molar-refractivity contribution in [3.05, 3.63) is 16.1 Å². The number of thiazole rings is 1. The van der Waals surface area contributed by atoms with Crippen LogP contribution >= 0.6 is 11.3 Å². The summed E-state index contributed by atoms with van der Waals surface area (Å²) in [4.78, 5) is 5.61. The first-order chi connectivity index (χ1) is 5.70. The highest BCUT2D eigenvalue weighted by Gasteiger charge is 2.00. The first-order valence-corrected chi connectivity index (χ1v) is 5.20. The molecule has 0 aliphatic carbocycles. The van der Waals surface area contributed by atoms with Gasteiger partial charge in [0.25, 0.3) is 0 Å². The van der Waals surface area contributed by atoms with Crippen molar-refractivity contribution in [3.8, 4) is 0 Å². The summed E-state index contributed by atoms with van der Waals surface area (Å²) in [5, 5.41) is 3.39. The van der Waals surface area contributed by atoms with Gasteiger partial charge >= 0.3 is 0 Å². The van der Waals surface area contributed by atoms with Crippen molar-refractivity contribution in [2.24, 2.45) is 0 Å². The largest absolute Gasteiger partial charge is 0.314 e. The van der Waals surface area contributed by atoms with Crippen molar-refractivity contribution in [1.82, 2.24) is 10.3 Å². The molecule has 12 heavy (non-hydrogen) atoms. The van der Waals surface area contributed by atoms with Crippen LogP contribution in [0.3, 0.4) is 0 Å². The van der Waals surface area contributed by atoms with Crippen molar-refractivity contribution < 1.29 is 0 Å². The van der Waals surface area contributed by atoms with E-state index in [0.717, 1.165) is 13.0 Å². The minimum Gasteiger partial charge on any atom is -0.314 e. The van der Waals surface area contributed by atoms with Crippen molar-refractivity contribution in [1.29, 1.82) is 0 Å². The molecule has 0 bridgehead atoms. The van der Waals surface area contributed by atoms with E-state index in [9.17, 15) is 0 Å². The Morgan fingerprint density at radius 1 is 1.58 bits per heavy atom. The van der Waals surface area contributed by atoms with Crippen LogP contribution in [0.2, 0.25) is 0 Å². The van der Waals surface area contributed by atoms with E-state index in [1.54, 1.807) is 11.3 Å². The molecule has 68 valence electrons. The van der Waals surface area contributed by atoms with Crippen LogP contribution in [0.15, 0.2) is 5.51 Å². The zero-order valence-corrected chi connectivity index (χ0v) is 8.74. The van der Waals surface area contributed by atoms with E-state index in [1.165, 1.54) is 10.6 Å². The van der Waals surface area contributed by atoms with Crippen LogP contribution in [0, 0.1) is 6.92 Å². The Kier molecular flexibility index (Phi) is 3.69. The Morgan fingerprint density at radius 2 is 2.33 bits per heavy atom. The van der Waals surface area contributed by atoms with Gasteiger partial charge in [0.1, 0.15) is 0 Å². The first kappa shape index (κ1) is 9.68. The highest BCUT2D eigenvalue weighted by atomic mass is 32.1. The maximum atomic E-state index is 4.21. The van der Waals surface area contributed by atoms with Gasteiger partial charge in [-0.15, -0.1) is 11.3 Å². The van der Waals surface area contributed by atoms with Crippen molar-refractivity contribution in [3.63, 3.8) is 0 Å². The fourth-order valence-corrected chi connectivity index (χ4v) is 1.82. The number of aromatic nitrogens is 1. The highest BCUT2D eigenvalue weighted by molar-refractivity contribution is 7.09. The third kappa shape index (κ3) is 2.91. The number of hydrogen-bond acceptors (Lipinski definition) is 3. The molecule has 1 heterocycles. The average molecular weight is 184 g/mol. The molecule has 1 rings (SSSR count). The summed E-state index contributed by atoms with van der Waals surface area (Å²) >= 11 is 1.75. The minimum atomic E-state index is 0.582. The molecule has 0 radical (unpaired) electrons. The second kappa shape index (κ2) is 4.58. The Balaban J connectivity index is 2.29. The van der Waals surface area contributed by atoms with Gasteiger partial charge in [0.05, 0.1) is 11.2 Å². The van der Waals surface area contributed by atoms with Gasteiger partial charge in [-0.3, -0.25) is 0 Å². The second-order valence-electron chi connectivity index (χ2n) is 3.22. The molecule has 1 N–H and O–H groups in total. The van der Waals surface area contributed by atoms with Crippen molar-refractivity contribution in [2.45, 2.75) is 33.2 Å².